The highest BCUT2D eigenvalue weighted by atomic mass is 32.2. The SMILES string of the molecule is CCCS(=O)CCCC(CCO)SC. The van der Waals surface area contributed by atoms with Crippen LogP contribution in [0.25, 0.3) is 0 Å². The summed E-state index contributed by atoms with van der Waals surface area (Å²) in [6, 6.07) is 0. The third-order valence-electron chi connectivity index (χ3n) is 2.11. The van der Waals surface area contributed by atoms with Gasteiger partial charge in [-0.2, -0.15) is 11.8 Å². The number of rotatable bonds is 9. The number of thioether (sulfide) groups is 1. The van der Waals surface area contributed by atoms with Gasteiger partial charge in [-0.3, -0.25) is 4.21 Å². The fourth-order valence-corrected chi connectivity index (χ4v) is 3.22. The van der Waals surface area contributed by atoms with E-state index in [1.165, 1.54) is 0 Å². The maximum absolute atomic E-state index is 11.3. The number of aliphatic hydroxyl groups excluding tert-OH is 1. The molecule has 1 N–H and O–H groups in total. The van der Waals surface area contributed by atoms with E-state index in [9.17, 15) is 4.21 Å². The zero-order valence-corrected chi connectivity index (χ0v) is 10.8. The highest BCUT2D eigenvalue weighted by Crippen LogP contribution is 2.16. The summed E-state index contributed by atoms with van der Waals surface area (Å²) in [4.78, 5) is 0. The van der Waals surface area contributed by atoms with Crippen molar-refractivity contribution in [3.05, 3.63) is 0 Å². The molecule has 0 radical (unpaired) electrons. The fourth-order valence-electron chi connectivity index (χ4n) is 1.33. The van der Waals surface area contributed by atoms with E-state index >= 15 is 0 Å². The molecule has 0 amide bonds. The van der Waals surface area contributed by atoms with Crippen LogP contribution in [0.3, 0.4) is 0 Å². The van der Waals surface area contributed by atoms with Gasteiger partial charge in [0.1, 0.15) is 0 Å². The third kappa shape index (κ3) is 7.83. The van der Waals surface area contributed by atoms with Gasteiger partial charge in [-0.05, 0) is 31.9 Å². The Balaban J connectivity index is 3.45. The van der Waals surface area contributed by atoms with Gasteiger partial charge in [-0.1, -0.05) is 6.92 Å². The minimum Gasteiger partial charge on any atom is -0.396 e. The lowest BCUT2D eigenvalue weighted by molar-refractivity contribution is 0.285. The second-order valence-electron chi connectivity index (χ2n) is 3.36. The van der Waals surface area contributed by atoms with Crippen LogP contribution in [0.2, 0.25) is 0 Å². The summed E-state index contributed by atoms with van der Waals surface area (Å²) in [7, 11) is -0.614. The molecule has 0 aliphatic heterocycles. The van der Waals surface area contributed by atoms with Crippen molar-refractivity contribution in [3.63, 3.8) is 0 Å². The standard InChI is InChI=1S/C10H22O2S2/c1-3-8-14(12)9-4-5-10(13-2)6-7-11/h10-11H,3-9H2,1-2H3. The van der Waals surface area contributed by atoms with Crippen molar-refractivity contribution in [2.75, 3.05) is 24.4 Å². The summed E-state index contributed by atoms with van der Waals surface area (Å²) < 4.78 is 11.3. The summed E-state index contributed by atoms with van der Waals surface area (Å²) in [6.07, 6.45) is 6.05. The molecular weight excluding hydrogens is 216 g/mol. The van der Waals surface area contributed by atoms with E-state index in [0.29, 0.717) is 5.25 Å². The van der Waals surface area contributed by atoms with Crippen LogP contribution in [0.1, 0.15) is 32.6 Å². The van der Waals surface area contributed by atoms with Crippen molar-refractivity contribution in [1.29, 1.82) is 0 Å². The molecule has 0 bridgehead atoms. The van der Waals surface area contributed by atoms with Gasteiger partial charge >= 0.3 is 0 Å². The summed E-state index contributed by atoms with van der Waals surface area (Å²) >= 11 is 1.80. The largest absolute Gasteiger partial charge is 0.396 e. The predicted octanol–water partition coefficient (Wildman–Crippen LogP) is 2.04. The lowest BCUT2D eigenvalue weighted by Crippen LogP contribution is -2.08. The number of aliphatic hydroxyl groups is 1. The Morgan fingerprint density at radius 2 is 2.07 bits per heavy atom. The average molecular weight is 238 g/mol. The Hall–Kier alpha value is 0.460. The van der Waals surface area contributed by atoms with Crippen LogP contribution in [0.15, 0.2) is 0 Å². The Morgan fingerprint density at radius 1 is 1.36 bits per heavy atom. The number of hydrogen-bond donors (Lipinski definition) is 1. The average Bonchev–Trinajstić information content (AvgIpc) is 2.17. The first-order chi connectivity index (χ1) is 6.74. The van der Waals surface area contributed by atoms with Crippen molar-refractivity contribution < 1.29 is 9.32 Å². The van der Waals surface area contributed by atoms with Gasteiger partial charge in [0.05, 0.1) is 0 Å². The molecule has 14 heavy (non-hydrogen) atoms. The van der Waals surface area contributed by atoms with Crippen LogP contribution in [0.5, 0.6) is 0 Å². The third-order valence-corrected chi connectivity index (χ3v) is 4.86. The molecule has 86 valence electrons. The summed E-state index contributed by atoms with van der Waals surface area (Å²) in [5, 5.41) is 9.33. The number of hydrogen-bond acceptors (Lipinski definition) is 3. The molecular formula is C10H22O2S2. The Kier molecular flexibility index (Phi) is 10.3. The van der Waals surface area contributed by atoms with Crippen LogP contribution in [-0.2, 0) is 10.8 Å². The minimum atomic E-state index is -0.614. The molecule has 0 fully saturated rings. The molecule has 0 heterocycles. The molecule has 0 saturated carbocycles. The van der Waals surface area contributed by atoms with Crippen molar-refractivity contribution in [1.82, 2.24) is 0 Å². The Morgan fingerprint density at radius 3 is 2.57 bits per heavy atom. The zero-order valence-electron chi connectivity index (χ0n) is 9.20. The molecule has 2 nitrogen and oxygen atoms in total. The molecule has 2 unspecified atom stereocenters. The van der Waals surface area contributed by atoms with E-state index < -0.39 is 10.8 Å². The minimum absolute atomic E-state index is 0.267. The highest BCUT2D eigenvalue weighted by molar-refractivity contribution is 7.99. The van der Waals surface area contributed by atoms with Gasteiger partial charge in [0.2, 0.25) is 0 Å². The van der Waals surface area contributed by atoms with Gasteiger partial charge in [-0.25, -0.2) is 0 Å². The monoisotopic (exact) mass is 238 g/mol. The van der Waals surface area contributed by atoms with E-state index in [-0.39, 0.29) is 6.61 Å². The normalized spacial score (nSPS) is 15.4. The lowest BCUT2D eigenvalue weighted by atomic mass is 10.2. The summed E-state index contributed by atoms with van der Waals surface area (Å²) in [5.74, 6) is 1.67. The molecule has 0 saturated heterocycles. The molecule has 4 heteroatoms. The van der Waals surface area contributed by atoms with E-state index in [4.69, 9.17) is 5.11 Å². The zero-order chi connectivity index (χ0) is 10.8. The topological polar surface area (TPSA) is 37.3 Å². The molecule has 0 aromatic rings. The van der Waals surface area contributed by atoms with Crippen molar-refractivity contribution in [3.8, 4) is 0 Å². The van der Waals surface area contributed by atoms with Crippen LogP contribution in [0, 0.1) is 0 Å². The van der Waals surface area contributed by atoms with Crippen LogP contribution < -0.4 is 0 Å². The maximum atomic E-state index is 11.3. The smallest absolute Gasteiger partial charge is 0.0441 e. The maximum Gasteiger partial charge on any atom is 0.0441 e. The molecule has 0 aliphatic carbocycles. The molecule has 0 aromatic carbocycles. The van der Waals surface area contributed by atoms with Crippen LogP contribution >= 0.6 is 11.8 Å². The summed E-state index contributed by atoms with van der Waals surface area (Å²) in [5.41, 5.74) is 0. The van der Waals surface area contributed by atoms with Crippen LogP contribution in [-0.4, -0.2) is 38.9 Å². The predicted molar refractivity (Wildman–Crippen MR) is 66.4 cm³/mol. The van der Waals surface area contributed by atoms with Crippen molar-refractivity contribution in [2.45, 2.75) is 37.9 Å². The Labute approximate surface area is 94.3 Å². The van der Waals surface area contributed by atoms with E-state index in [1.807, 2.05) is 0 Å². The fraction of sp³-hybridized carbons (Fsp3) is 1.00. The molecule has 0 spiro atoms. The Bertz CT molecular complexity index is 151. The van der Waals surface area contributed by atoms with Crippen LogP contribution in [0.4, 0.5) is 0 Å². The molecule has 0 rings (SSSR count). The first kappa shape index (κ1) is 14.5. The first-order valence-electron chi connectivity index (χ1n) is 5.23. The van der Waals surface area contributed by atoms with Crippen molar-refractivity contribution in [2.24, 2.45) is 0 Å². The van der Waals surface area contributed by atoms with Gasteiger partial charge < -0.3 is 5.11 Å². The highest BCUT2D eigenvalue weighted by Gasteiger charge is 2.06. The van der Waals surface area contributed by atoms with E-state index in [2.05, 4.69) is 13.2 Å². The van der Waals surface area contributed by atoms with Gasteiger partial charge in [0, 0.05) is 34.2 Å². The van der Waals surface area contributed by atoms with Gasteiger partial charge in [-0.15, -0.1) is 0 Å². The van der Waals surface area contributed by atoms with E-state index in [0.717, 1.165) is 37.2 Å². The lowest BCUT2D eigenvalue weighted by Gasteiger charge is -2.11. The van der Waals surface area contributed by atoms with Gasteiger partial charge in [0.15, 0.2) is 0 Å². The van der Waals surface area contributed by atoms with E-state index in [1.54, 1.807) is 11.8 Å². The molecule has 0 aliphatic rings. The van der Waals surface area contributed by atoms with Crippen molar-refractivity contribution >= 4 is 22.6 Å². The second kappa shape index (κ2) is 9.99. The summed E-state index contributed by atoms with van der Waals surface area (Å²) in [6.45, 7) is 2.33. The quantitative estimate of drug-likeness (QED) is 0.668. The van der Waals surface area contributed by atoms with Gasteiger partial charge in [0.25, 0.3) is 0 Å². The first-order valence-corrected chi connectivity index (χ1v) is 8.00. The molecule has 2 atom stereocenters. The second-order valence-corrected chi connectivity index (χ2v) is 6.19. The molecule has 0 aromatic heterocycles.